The van der Waals surface area contributed by atoms with Crippen LogP contribution in [-0.2, 0) is 16.6 Å². The maximum Gasteiger partial charge on any atom is 0.254 e. The van der Waals surface area contributed by atoms with Crippen LogP contribution in [0.5, 0.6) is 0 Å². The number of carbonyl (C=O) groups is 2. The molecule has 1 aliphatic rings. The topological polar surface area (TPSA) is 40.6 Å². The smallest absolute Gasteiger partial charge is 0.254 e. The van der Waals surface area contributed by atoms with Crippen LogP contribution in [0.2, 0.25) is 0 Å². The van der Waals surface area contributed by atoms with Crippen molar-refractivity contribution in [3.05, 3.63) is 93.2 Å². The lowest BCUT2D eigenvalue weighted by atomic mass is 9.85. The standard InChI is InChI=1S/C30H36N2O2S/c1-6-21(2)32(29(34)23-10-8-7-9-11-23)20-27(33)31-18-16-26-25(17-19-35-26)28(31)22-12-14-24(15-13-22)30(3,4)5/h7-15,17,19,21,28H,6,16,18,20H2,1-5H3. The van der Waals surface area contributed by atoms with Gasteiger partial charge in [-0.3, -0.25) is 9.59 Å². The molecule has 4 rings (SSSR count). The van der Waals surface area contributed by atoms with E-state index >= 15 is 0 Å². The van der Waals surface area contributed by atoms with Crippen molar-refractivity contribution >= 4 is 23.2 Å². The van der Waals surface area contributed by atoms with E-state index < -0.39 is 0 Å². The lowest BCUT2D eigenvalue weighted by Gasteiger charge is -2.38. The monoisotopic (exact) mass is 488 g/mol. The van der Waals surface area contributed by atoms with Gasteiger partial charge in [0, 0.05) is 23.0 Å². The molecule has 0 saturated carbocycles. The van der Waals surface area contributed by atoms with Crippen molar-refractivity contribution in [3.63, 3.8) is 0 Å². The van der Waals surface area contributed by atoms with Gasteiger partial charge in [-0.25, -0.2) is 0 Å². The minimum absolute atomic E-state index is 0.00340. The number of rotatable bonds is 6. The molecule has 0 fully saturated rings. The molecule has 3 aromatic rings. The minimum Gasteiger partial charge on any atom is -0.330 e. The Morgan fingerprint density at radius 2 is 1.74 bits per heavy atom. The van der Waals surface area contributed by atoms with Gasteiger partial charge < -0.3 is 9.80 Å². The number of nitrogens with zero attached hydrogens (tertiary/aromatic N) is 2. The molecule has 1 aliphatic heterocycles. The van der Waals surface area contributed by atoms with Crippen molar-refractivity contribution in [1.29, 1.82) is 0 Å². The van der Waals surface area contributed by atoms with Crippen LogP contribution in [-0.4, -0.2) is 40.7 Å². The van der Waals surface area contributed by atoms with Crippen molar-refractivity contribution < 1.29 is 9.59 Å². The van der Waals surface area contributed by atoms with Crippen LogP contribution in [0.4, 0.5) is 0 Å². The van der Waals surface area contributed by atoms with Crippen molar-refractivity contribution in [2.45, 2.75) is 65.0 Å². The van der Waals surface area contributed by atoms with Crippen LogP contribution in [0, 0.1) is 0 Å². The first-order valence-electron chi connectivity index (χ1n) is 12.5. The Morgan fingerprint density at radius 1 is 1.06 bits per heavy atom. The van der Waals surface area contributed by atoms with E-state index in [1.807, 2.05) is 42.2 Å². The Hall–Kier alpha value is -2.92. The van der Waals surface area contributed by atoms with Gasteiger partial charge in [0.1, 0.15) is 6.54 Å². The van der Waals surface area contributed by atoms with Gasteiger partial charge in [-0.05, 0) is 65.4 Å². The Morgan fingerprint density at radius 3 is 2.37 bits per heavy atom. The molecule has 1 aromatic heterocycles. The second-order valence-electron chi connectivity index (χ2n) is 10.5. The summed E-state index contributed by atoms with van der Waals surface area (Å²) in [7, 11) is 0. The van der Waals surface area contributed by atoms with Gasteiger partial charge >= 0.3 is 0 Å². The van der Waals surface area contributed by atoms with E-state index in [1.54, 1.807) is 16.2 Å². The Labute approximate surface area is 213 Å². The first-order valence-corrected chi connectivity index (χ1v) is 13.4. The summed E-state index contributed by atoms with van der Waals surface area (Å²) in [5.74, 6) is -0.0936. The number of hydrogen-bond acceptors (Lipinski definition) is 3. The third-order valence-corrected chi connectivity index (χ3v) is 8.09. The fourth-order valence-corrected chi connectivity index (χ4v) is 5.65. The number of thiophene rings is 1. The van der Waals surface area contributed by atoms with Crippen LogP contribution in [0.25, 0.3) is 0 Å². The van der Waals surface area contributed by atoms with E-state index in [2.05, 4.69) is 63.4 Å². The minimum atomic E-state index is -0.128. The van der Waals surface area contributed by atoms with Crippen LogP contribution in [0.3, 0.4) is 0 Å². The Bertz CT molecular complexity index is 1160. The number of benzene rings is 2. The van der Waals surface area contributed by atoms with Crippen molar-refractivity contribution in [2.75, 3.05) is 13.1 Å². The van der Waals surface area contributed by atoms with E-state index in [1.165, 1.54) is 16.0 Å². The van der Waals surface area contributed by atoms with Gasteiger partial charge in [-0.2, -0.15) is 0 Å². The fraction of sp³-hybridized carbons (Fsp3) is 0.400. The summed E-state index contributed by atoms with van der Waals surface area (Å²) < 4.78 is 0. The Kier molecular flexibility index (Phi) is 7.46. The third-order valence-electron chi connectivity index (χ3n) is 7.09. The number of fused-ring (bicyclic) bond motifs is 1. The predicted molar refractivity (Wildman–Crippen MR) is 144 cm³/mol. The summed E-state index contributed by atoms with van der Waals surface area (Å²) in [6.45, 7) is 11.4. The van der Waals surface area contributed by atoms with E-state index in [0.717, 1.165) is 18.4 Å². The summed E-state index contributed by atoms with van der Waals surface area (Å²) in [5, 5.41) is 2.12. The van der Waals surface area contributed by atoms with Gasteiger partial charge in [0.25, 0.3) is 5.91 Å². The molecule has 2 aromatic carbocycles. The van der Waals surface area contributed by atoms with Gasteiger partial charge in [0.2, 0.25) is 5.91 Å². The summed E-state index contributed by atoms with van der Waals surface area (Å²) >= 11 is 1.77. The molecule has 2 amide bonds. The van der Waals surface area contributed by atoms with Gasteiger partial charge in [0.15, 0.2) is 0 Å². The van der Waals surface area contributed by atoms with Crippen LogP contribution in [0.15, 0.2) is 66.0 Å². The van der Waals surface area contributed by atoms with Crippen LogP contribution >= 0.6 is 11.3 Å². The van der Waals surface area contributed by atoms with Gasteiger partial charge in [-0.15, -0.1) is 11.3 Å². The first-order chi connectivity index (χ1) is 16.7. The van der Waals surface area contributed by atoms with E-state index in [0.29, 0.717) is 12.1 Å². The molecule has 2 heterocycles. The molecule has 0 aliphatic carbocycles. The molecule has 2 atom stereocenters. The quantitative estimate of drug-likeness (QED) is 0.399. The first kappa shape index (κ1) is 25.2. The highest BCUT2D eigenvalue weighted by Gasteiger charge is 2.35. The second kappa shape index (κ2) is 10.4. The predicted octanol–water partition coefficient (Wildman–Crippen LogP) is 6.46. The second-order valence-corrected chi connectivity index (χ2v) is 11.5. The maximum atomic E-state index is 13.8. The highest BCUT2D eigenvalue weighted by molar-refractivity contribution is 7.10. The van der Waals surface area contributed by atoms with Gasteiger partial charge in [-0.1, -0.05) is 70.2 Å². The lowest BCUT2D eigenvalue weighted by Crippen LogP contribution is -2.49. The van der Waals surface area contributed by atoms with E-state index in [-0.39, 0.29) is 35.9 Å². The zero-order valence-electron chi connectivity index (χ0n) is 21.5. The van der Waals surface area contributed by atoms with Crippen LogP contribution in [0.1, 0.15) is 79.0 Å². The Balaban J connectivity index is 1.64. The van der Waals surface area contributed by atoms with Crippen LogP contribution < -0.4 is 0 Å². The summed E-state index contributed by atoms with van der Waals surface area (Å²) in [5.41, 5.74) is 4.30. The molecule has 0 spiro atoms. The molecule has 4 nitrogen and oxygen atoms in total. The largest absolute Gasteiger partial charge is 0.330 e. The molecule has 0 bridgehead atoms. The maximum absolute atomic E-state index is 13.8. The van der Waals surface area contributed by atoms with Crippen molar-refractivity contribution in [2.24, 2.45) is 0 Å². The molecule has 184 valence electrons. The molecular formula is C30H36N2O2S. The van der Waals surface area contributed by atoms with E-state index in [4.69, 9.17) is 0 Å². The van der Waals surface area contributed by atoms with E-state index in [9.17, 15) is 9.59 Å². The molecule has 35 heavy (non-hydrogen) atoms. The highest BCUT2D eigenvalue weighted by atomic mass is 32.1. The lowest BCUT2D eigenvalue weighted by molar-refractivity contribution is -0.134. The van der Waals surface area contributed by atoms with Gasteiger partial charge in [0.05, 0.1) is 6.04 Å². The highest BCUT2D eigenvalue weighted by Crippen LogP contribution is 2.38. The average Bonchev–Trinajstić information content (AvgIpc) is 3.35. The summed E-state index contributed by atoms with van der Waals surface area (Å²) in [6, 6.07) is 20.0. The number of amides is 2. The normalized spacial score (nSPS) is 16.5. The van der Waals surface area contributed by atoms with Crippen molar-refractivity contribution in [1.82, 2.24) is 9.80 Å². The average molecular weight is 489 g/mol. The zero-order valence-corrected chi connectivity index (χ0v) is 22.3. The number of carbonyl (C=O) groups excluding carboxylic acids is 2. The molecule has 0 radical (unpaired) electrons. The summed E-state index contributed by atoms with van der Waals surface area (Å²) in [4.78, 5) is 32.3. The SMILES string of the molecule is CCC(C)N(CC(=O)N1CCc2sccc2C1c1ccc(C(C)(C)C)cc1)C(=O)c1ccccc1. The molecule has 0 N–H and O–H groups in total. The zero-order chi connectivity index (χ0) is 25.2. The molecule has 2 unspecified atom stereocenters. The summed E-state index contributed by atoms with van der Waals surface area (Å²) in [6.07, 6.45) is 1.64. The molecule has 5 heteroatoms. The molecular weight excluding hydrogens is 452 g/mol. The fourth-order valence-electron chi connectivity index (χ4n) is 4.74. The number of hydrogen-bond donors (Lipinski definition) is 0. The molecule has 0 saturated heterocycles. The third kappa shape index (κ3) is 5.35. The van der Waals surface area contributed by atoms with Crippen molar-refractivity contribution in [3.8, 4) is 0 Å².